The molecule has 0 saturated heterocycles. The lowest BCUT2D eigenvalue weighted by Gasteiger charge is -2.15. The van der Waals surface area contributed by atoms with E-state index in [1.807, 2.05) is 0 Å². The van der Waals surface area contributed by atoms with E-state index in [9.17, 15) is 13.6 Å². The minimum absolute atomic E-state index is 0.00153. The van der Waals surface area contributed by atoms with Gasteiger partial charge in [-0.05, 0) is 31.2 Å². The molecular formula is C16H15F2NO2. The van der Waals surface area contributed by atoms with Crippen LogP contribution in [0.1, 0.15) is 17.3 Å². The Morgan fingerprint density at radius 2 is 1.86 bits per heavy atom. The fourth-order valence-electron chi connectivity index (χ4n) is 1.74. The first kappa shape index (κ1) is 15.0. The van der Waals surface area contributed by atoms with Crippen molar-refractivity contribution in [3.8, 4) is 11.5 Å². The van der Waals surface area contributed by atoms with Crippen LogP contribution in [0.2, 0.25) is 0 Å². The number of nitrogens with zero attached hydrogens (tertiary/aromatic N) is 1. The summed E-state index contributed by atoms with van der Waals surface area (Å²) in [4.78, 5) is 13.3. The van der Waals surface area contributed by atoms with E-state index in [1.165, 1.54) is 35.2 Å². The number of hydrogen-bond donors (Lipinski definition) is 0. The van der Waals surface area contributed by atoms with Gasteiger partial charge in [0.05, 0.1) is 5.56 Å². The number of benzene rings is 2. The molecule has 110 valence electrons. The van der Waals surface area contributed by atoms with Gasteiger partial charge in [0, 0.05) is 19.7 Å². The van der Waals surface area contributed by atoms with Gasteiger partial charge in [0.15, 0.2) is 11.6 Å². The number of carbonyl (C=O) groups is 1. The van der Waals surface area contributed by atoms with E-state index >= 15 is 0 Å². The number of para-hydroxylation sites is 1. The third-order valence-electron chi connectivity index (χ3n) is 3.06. The molecule has 0 aliphatic carbocycles. The summed E-state index contributed by atoms with van der Waals surface area (Å²) in [5, 5.41) is 0. The van der Waals surface area contributed by atoms with E-state index in [-0.39, 0.29) is 17.1 Å². The largest absolute Gasteiger partial charge is 0.454 e. The van der Waals surface area contributed by atoms with Gasteiger partial charge < -0.3 is 9.64 Å². The SMILES string of the molecule is CCN(C)C(=O)c1ccc(Oc2ccccc2F)cc1F. The van der Waals surface area contributed by atoms with Crippen LogP contribution >= 0.6 is 0 Å². The van der Waals surface area contributed by atoms with Crippen LogP contribution in [0, 0.1) is 11.6 Å². The fraction of sp³-hybridized carbons (Fsp3) is 0.188. The predicted molar refractivity (Wildman–Crippen MR) is 75.5 cm³/mol. The first-order valence-electron chi connectivity index (χ1n) is 6.50. The van der Waals surface area contributed by atoms with Crippen LogP contribution in [-0.4, -0.2) is 24.4 Å². The van der Waals surface area contributed by atoms with Crippen LogP contribution in [-0.2, 0) is 0 Å². The molecule has 0 spiro atoms. The minimum atomic E-state index is -0.700. The monoisotopic (exact) mass is 291 g/mol. The molecule has 0 heterocycles. The van der Waals surface area contributed by atoms with Crippen LogP contribution in [0.3, 0.4) is 0 Å². The molecule has 0 fully saturated rings. The van der Waals surface area contributed by atoms with Gasteiger partial charge in [0.25, 0.3) is 5.91 Å². The van der Waals surface area contributed by atoms with E-state index in [0.29, 0.717) is 6.54 Å². The number of rotatable bonds is 4. The molecule has 2 aromatic rings. The van der Waals surface area contributed by atoms with Gasteiger partial charge in [0.2, 0.25) is 0 Å². The van der Waals surface area contributed by atoms with Gasteiger partial charge in [-0.25, -0.2) is 8.78 Å². The molecule has 0 aliphatic heterocycles. The Morgan fingerprint density at radius 1 is 1.14 bits per heavy atom. The zero-order valence-electron chi connectivity index (χ0n) is 11.8. The summed E-state index contributed by atoms with van der Waals surface area (Å²) in [6.45, 7) is 2.28. The van der Waals surface area contributed by atoms with Crippen molar-refractivity contribution >= 4 is 5.91 Å². The highest BCUT2D eigenvalue weighted by atomic mass is 19.1. The van der Waals surface area contributed by atoms with Gasteiger partial charge in [-0.3, -0.25) is 4.79 Å². The van der Waals surface area contributed by atoms with Crippen LogP contribution in [0.15, 0.2) is 42.5 Å². The second kappa shape index (κ2) is 6.35. The van der Waals surface area contributed by atoms with Crippen LogP contribution in [0.5, 0.6) is 11.5 Å². The smallest absolute Gasteiger partial charge is 0.256 e. The second-order valence-electron chi connectivity index (χ2n) is 4.49. The maximum Gasteiger partial charge on any atom is 0.256 e. The Morgan fingerprint density at radius 3 is 2.48 bits per heavy atom. The number of carbonyl (C=O) groups excluding carboxylic acids is 1. The molecule has 0 unspecified atom stereocenters. The van der Waals surface area contributed by atoms with Crippen molar-refractivity contribution in [2.75, 3.05) is 13.6 Å². The number of ether oxygens (including phenoxy) is 1. The van der Waals surface area contributed by atoms with Crippen LogP contribution in [0.25, 0.3) is 0 Å². The van der Waals surface area contributed by atoms with Crippen molar-refractivity contribution in [2.24, 2.45) is 0 Å². The fourth-order valence-corrected chi connectivity index (χ4v) is 1.74. The van der Waals surface area contributed by atoms with E-state index in [2.05, 4.69) is 0 Å². The summed E-state index contributed by atoms with van der Waals surface area (Å²) < 4.78 is 32.7. The molecule has 0 atom stereocenters. The van der Waals surface area contributed by atoms with E-state index in [4.69, 9.17) is 4.74 Å². The molecule has 0 radical (unpaired) electrons. The summed E-state index contributed by atoms with van der Waals surface area (Å²) in [6.07, 6.45) is 0. The van der Waals surface area contributed by atoms with Crippen molar-refractivity contribution in [3.05, 3.63) is 59.7 Å². The third-order valence-corrected chi connectivity index (χ3v) is 3.06. The third kappa shape index (κ3) is 3.37. The Labute approximate surface area is 121 Å². The van der Waals surface area contributed by atoms with Gasteiger partial charge in [-0.1, -0.05) is 12.1 Å². The summed E-state index contributed by atoms with van der Waals surface area (Å²) in [5.74, 6) is -1.51. The average Bonchev–Trinajstić information content (AvgIpc) is 2.48. The van der Waals surface area contributed by atoms with Crippen molar-refractivity contribution in [3.63, 3.8) is 0 Å². The summed E-state index contributed by atoms with van der Waals surface area (Å²) in [6, 6.07) is 9.68. The maximum atomic E-state index is 14.0. The molecule has 0 N–H and O–H groups in total. The van der Waals surface area contributed by atoms with E-state index in [0.717, 1.165) is 6.07 Å². The van der Waals surface area contributed by atoms with Crippen molar-refractivity contribution < 1.29 is 18.3 Å². The number of hydrogen-bond acceptors (Lipinski definition) is 2. The van der Waals surface area contributed by atoms with Gasteiger partial charge in [-0.15, -0.1) is 0 Å². The van der Waals surface area contributed by atoms with Crippen molar-refractivity contribution in [1.29, 1.82) is 0 Å². The lowest BCUT2D eigenvalue weighted by Crippen LogP contribution is -2.27. The number of halogens is 2. The predicted octanol–water partition coefficient (Wildman–Crippen LogP) is 3.85. The van der Waals surface area contributed by atoms with Gasteiger partial charge in [0.1, 0.15) is 11.6 Å². The number of amides is 1. The molecule has 3 nitrogen and oxygen atoms in total. The zero-order valence-corrected chi connectivity index (χ0v) is 11.8. The first-order valence-corrected chi connectivity index (χ1v) is 6.50. The Kier molecular flexibility index (Phi) is 4.52. The molecule has 0 saturated carbocycles. The molecule has 0 aromatic heterocycles. The topological polar surface area (TPSA) is 29.5 Å². The molecule has 2 aromatic carbocycles. The Hall–Kier alpha value is -2.43. The molecule has 0 bridgehead atoms. The van der Waals surface area contributed by atoms with Crippen LogP contribution in [0.4, 0.5) is 8.78 Å². The van der Waals surface area contributed by atoms with Crippen LogP contribution < -0.4 is 4.74 Å². The zero-order chi connectivity index (χ0) is 15.4. The second-order valence-corrected chi connectivity index (χ2v) is 4.49. The molecule has 0 aliphatic rings. The lowest BCUT2D eigenvalue weighted by molar-refractivity contribution is 0.0798. The average molecular weight is 291 g/mol. The quantitative estimate of drug-likeness (QED) is 0.856. The van der Waals surface area contributed by atoms with Gasteiger partial charge in [-0.2, -0.15) is 0 Å². The molecule has 1 amide bonds. The summed E-state index contributed by atoms with van der Waals surface area (Å²) >= 11 is 0. The highest BCUT2D eigenvalue weighted by molar-refractivity contribution is 5.94. The van der Waals surface area contributed by atoms with Gasteiger partial charge >= 0.3 is 0 Å². The minimum Gasteiger partial charge on any atom is -0.454 e. The summed E-state index contributed by atoms with van der Waals surface area (Å²) in [7, 11) is 1.59. The van der Waals surface area contributed by atoms with Crippen molar-refractivity contribution in [1.82, 2.24) is 4.90 Å². The normalized spacial score (nSPS) is 10.3. The Balaban J connectivity index is 2.24. The molecule has 21 heavy (non-hydrogen) atoms. The van der Waals surface area contributed by atoms with Crippen molar-refractivity contribution in [2.45, 2.75) is 6.92 Å². The van der Waals surface area contributed by atoms with E-state index in [1.54, 1.807) is 20.0 Å². The first-order chi connectivity index (χ1) is 10.0. The van der Waals surface area contributed by atoms with E-state index < -0.39 is 17.5 Å². The highest BCUT2D eigenvalue weighted by Gasteiger charge is 2.16. The molecular weight excluding hydrogens is 276 g/mol. The Bertz CT molecular complexity index is 658. The standard InChI is InChI=1S/C16H15F2NO2/c1-3-19(2)16(20)12-9-8-11(10-14(12)18)21-15-7-5-4-6-13(15)17/h4-10H,3H2,1-2H3. The highest BCUT2D eigenvalue weighted by Crippen LogP contribution is 2.26. The molecule has 2 rings (SSSR count). The maximum absolute atomic E-state index is 14.0. The lowest BCUT2D eigenvalue weighted by atomic mass is 10.2. The summed E-state index contributed by atoms with van der Waals surface area (Å²) in [5.41, 5.74) is -0.0415. The molecule has 5 heteroatoms.